The van der Waals surface area contributed by atoms with Gasteiger partial charge in [-0.15, -0.1) is 6.42 Å². The fourth-order valence-corrected chi connectivity index (χ4v) is 6.04. The summed E-state index contributed by atoms with van der Waals surface area (Å²) in [6, 6.07) is 7.27. The number of carbonyl (C=O) groups excluding carboxylic acids is 1. The number of nitrogen functional groups attached to an aromatic ring is 1. The molecule has 1 fully saturated rings. The molecule has 0 unspecified atom stereocenters. The van der Waals surface area contributed by atoms with E-state index in [1.807, 2.05) is 13.8 Å². The summed E-state index contributed by atoms with van der Waals surface area (Å²) < 4.78 is 38.7. The zero-order valence-electron chi connectivity index (χ0n) is 24.1. The number of nitrogens with two attached hydrogens (primary N) is 1. The Labute approximate surface area is 244 Å². The predicted octanol–water partition coefficient (Wildman–Crippen LogP) is 3.53. The van der Waals surface area contributed by atoms with Crippen LogP contribution in [0.4, 0.5) is 5.82 Å². The molecule has 2 aromatic heterocycles. The second kappa shape index (κ2) is 13.2. The van der Waals surface area contributed by atoms with Gasteiger partial charge in [0.2, 0.25) is 0 Å². The number of hydrogen-bond acceptors (Lipinski definition) is 11. The van der Waals surface area contributed by atoms with E-state index < -0.39 is 44.3 Å². The Morgan fingerprint density at radius 3 is 2.71 bits per heavy atom. The summed E-state index contributed by atoms with van der Waals surface area (Å²) in [5.41, 5.74) is 5.06. The number of nitrogens with zero attached hydrogens (tertiary/aromatic N) is 4. The molecule has 0 saturated carbocycles. The van der Waals surface area contributed by atoms with Crippen molar-refractivity contribution in [3.8, 4) is 18.1 Å². The summed E-state index contributed by atoms with van der Waals surface area (Å²) in [6.45, 7) is 6.93. The number of fused-ring (bicyclic) bond motifs is 1. The van der Waals surface area contributed by atoms with Gasteiger partial charge in [0.1, 0.15) is 42.1 Å². The molecule has 13 nitrogen and oxygen atoms in total. The summed E-state index contributed by atoms with van der Waals surface area (Å²) in [6.07, 6.45) is 7.08. The Morgan fingerprint density at radius 1 is 1.33 bits per heavy atom. The molecule has 3 heterocycles. The lowest BCUT2D eigenvalue weighted by molar-refractivity contribution is -0.146. The van der Waals surface area contributed by atoms with Crippen molar-refractivity contribution in [3.63, 3.8) is 0 Å². The first kappa shape index (κ1) is 31.4. The number of terminal acetylenes is 1. The molecular weight excluding hydrogens is 563 g/mol. The van der Waals surface area contributed by atoms with Gasteiger partial charge in [-0.05, 0) is 31.9 Å². The number of aryl methyl sites for hydroxylation is 1. The smallest absolute Gasteiger partial charge is 0.459 e. The number of esters is 1. The molecule has 226 valence electrons. The lowest BCUT2D eigenvalue weighted by Crippen LogP contribution is -2.43. The molecule has 4 rings (SSSR count). The standard InChI is InChI=1S/C28H37N6O7P/c1-6-20(7-2)15-38-27(36)18(4)33-42(37,41-21-12-10-9-11-13-21)39-16-28(8-3)22(35)14-23(40-28)34-17-30-24-25(29)31-19(5)32-26(24)34/h3,9-13,17-18,20,22-23,35H,6-7,14-16H2,1-2,4-5H3,(H,33,37)(H2,29,31,32)/t18-,22-,23+,28+,42-/m0/s1. The van der Waals surface area contributed by atoms with E-state index in [0.29, 0.717) is 17.0 Å². The van der Waals surface area contributed by atoms with Gasteiger partial charge in [-0.2, -0.15) is 5.09 Å². The average Bonchev–Trinajstić information content (AvgIpc) is 3.54. The lowest BCUT2D eigenvalue weighted by Gasteiger charge is -2.29. The molecule has 1 aliphatic rings. The molecular formula is C28H37N6O7P. The highest BCUT2D eigenvalue weighted by atomic mass is 31.2. The lowest BCUT2D eigenvalue weighted by atomic mass is 9.99. The van der Waals surface area contributed by atoms with Crippen LogP contribution in [-0.2, 0) is 23.4 Å². The van der Waals surface area contributed by atoms with Crippen LogP contribution in [0.15, 0.2) is 36.7 Å². The largest absolute Gasteiger partial charge is 0.464 e. The number of hydrogen-bond donors (Lipinski definition) is 3. The van der Waals surface area contributed by atoms with Gasteiger partial charge in [0.25, 0.3) is 0 Å². The molecule has 0 radical (unpaired) electrons. The van der Waals surface area contributed by atoms with Crippen LogP contribution >= 0.6 is 7.75 Å². The topological polar surface area (TPSA) is 173 Å². The van der Waals surface area contributed by atoms with Crippen molar-refractivity contribution in [2.24, 2.45) is 5.92 Å². The Kier molecular flexibility index (Phi) is 9.86. The first-order valence-corrected chi connectivity index (χ1v) is 15.3. The molecule has 0 spiro atoms. The Hall–Kier alpha value is -3.53. The van der Waals surface area contributed by atoms with Gasteiger partial charge in [-0.1, -0.05) is 50.8 Å². The van der Waals surface area contributed by atoms with Crippen LogP contribution in [0.25, 0.3) is 11.2 Å². The van der Waals surface area contributed by atoms with Crippen molar-refractivity contribution in [2.75, 3.05) is 18.9 Å². The zero-order chi connectivity index (χ0) is 30.5. The van der Waals surface area contributed by atoms with Crippen molar-refractivity contribution in [2.45, 2.75) is 70.9 Å². The monoisotopic (exact) mass is 600 g/mol. The quantitative estimate of drug-likeness (QED) is 0.148. The second-order valence-electron chi connectivity index (χ2n) is 10.2. The Morgan fingerprint density at radius 2 is 2.05 bits per heavy atom. The van der Waals surface area contributed by atoms with Crippen LogP contribution in [0.3, 0.4) is 0 Å². The van der Waals surface area contributed by atoms with E-state index >= 15 is 0 Å². The third-order valence-corrected chi connectivity index (χ3v) is 8.79. The molecule has 1 saturated heterocycles. The van der Waals surface area contributed by atoms with Gasteiger partial charge in [-0.3, -0.25) is 13.9 Å². The number of aliphatic hydroxyl groups excluding tert-OH is 1. The average molecular weight is 601 g/mol. The van der Waals surface area contributed by atoms with Crippen LogP contribution < -0.4 is 15.3 Å². The summed E-state index contributed by atoms with van der Waals surface area (Å²) >= 11 is 0. The Bertz CT molecular complexity index is 1470. The van der Waals surface area contributed by atoms with Gasteiger partial charge in [0.05, 0.1) is 12.9 Å². The van der Waals surface area contributed by atoms with Gasteiger partial charge < -0.3 is 24.8 Å². The van der Waals surface area contributed by atoms with Gasteiger partial charge in [-0.25, -0.2) is 19.5 Å². The molecule has 1 aliphatic heterocycles. The van der Waals surface area contributed by atoms with E-state index in [-0.39, 0.29) is 30.5 Å². The molecule has 0 aliphatic carbocycles. The first-order valence-electron chi connectivity index (χ1n) is 13.8. The van der Waals surface area contributed by atoms with Crippen molar-refractivity contribution in [1.82, 2.24) is 24.6 Å². The minimum atomic E-state index is -4.27. The predicted molar refractivity (Wildman–Crippen MR) is 155 cm³/mol. The van der Waals surface area contributed by atoms with E-state index in [9.17, 15) is 14.5 Å². The molecule has 0 bridgehead atoms. The maximum absolute atomic E-state index is 14.0. The van der Waals surface area contributed by atoms with E-state index in [4.69, 9.17) is 30.7 Å². The highest BCUT2D eigenvalue weighted by Gasteiger charge is 2.50. The number of benzene rings is 1. The maximum Gasteiger partial charge on any atom is 0.459 e. The number of rotatable bonds is 13. The Balaban J connectivity index is 1.53. The van der Waals surface area contributed by atoms with E-state index in [0.717, 1.165) is 12.8 Å². The third-order valence-electron chi connectivity index (χ3n) is 7.16. The fourth-order valence-electron chi connectivity index (χ4n) is 4.52. The minimum Gasteiger partial charge on any atom is -0.464 e. The van der Waals surface area contributed by atoms with Crippen molar-refractivity contribution in [1.29, 1.82) is 0 Å². The third kappa shape index (κ3) is 6.91. The van der Waals surface area contributed by atoms with Gasteiger partial charge in [0, 0.05) is 6.42 Å². The molecule has 1 aromatic carbocycles. The molecule has 42 heavy (non-hydrogen) atoms. The highest BCUT2D eigenvalue weighted by molar-refractivity contribution is 7.52. The van der Waals surface area contributed by atoms with Crippen molar-refractivity contribution >= 4 is 30.7 Å². The van der Waals surface area contributed by atoms with Crippen LogP contribution in [0.2, 0.25) is 0 Å². The summed E-state index contributed by atoms with van der Waals surface area (Å²) in [4.78, 5) is 25.5. The molecule has 4 N–H and O–H groups in total. The second-order valence-corrected chi connectivity index (χ2v) is 11.9. The number of imidazole rings is 1. The van der Waals surface area contributed by atoms with E-state index in [1.54, 1.807) is 41.8 Å². The van der Waals surface area contributed by atoms with Crippen molar-refractivity contribution in [3.05, 3.63) is 42.5 Å². The number of anilines is 1. The van der Waals surface area contributed by atoms with Crippen LogP contribution in [0.5, 0.6) is 5.75 Å². The van der Waals surface area contributed by atoms with Crippen molar-refractivity contribution < 1.29 is 33.0 Å². The molecule has 3 aromatic rings. The number of aromatic nitrogens is 4. The number of nitrogens with one attached hydrogen (secondary N) is 1. The fraction of sp³-hybridized carbons (Fsp3) is 0.500. The van der Waals surface area contributed by atoms with Crippen LogP contribution in [-0.4, -0.2) is 61.6 Å². The SMILES string of the molecule is C#C[C@]1(CO[P@@](=O)(N[C@@H](C)C(=O)OCC(CC)CC)Oc2ccccc2)O[C@@H](n2cnc3c(N)nc(C)nc32)C[C@@H]1O. The zero-order valence-corrected chi connectivity index (χ0v) is 25.0. The summed E-state index contributed by atoms with van der Waals surface area (Å²) in [5, 5.41) is 13.7. The number of carbonyl (C=O) groups is 1. The molecule has 14 heteroatoms. The first-order chi connectivity index (χ1) is 20.0. The van der Waals surface area contributed by atoms with Gasteiger partial charge in [0.15, 0.2) is 17.1 Å². The maximum atomic E-state index is 14.0. The van der Waals surface area contributed by atoms with E-state index in [2.05, 4.69) is 26.0 Å². The van der Waals surface area contributed by atoms with Gasteiger partial charge >= 0.3 is 13.7 Å². The number of aliphatic hydroxyl groups is 1. The summed E-state index contributed by atoms with van der Waals surface area (Å²) in [7, 11) is -4.27. The van der Waals surface area contributed by atoms with Crippen LogP contribution in [0.1, 0.15) is 52.1 Å². The normalized spacial score (nSPS) is 22.5. The highest BCUT2D eigenvalue weighted by Crippen LogP contribution is 2.48. The van der Waals surface area contributed by atoms with Crippen LogP contribution in [0, 0.1) is 25.2 Å². The number of ether oxygens (including phenoxy) is 2. The molecule has 5 atom stereocenters. The minimum absolute atomic E-state index is 0.0536. The van der Waals surface area contributed by atoms with E-state index in [1.165, 1.54) is 13.3 Å². The summed E-state index contributed by atoms with van der Waals surface area (Å²) in [5.74, 6) is 2.93. The number of para-hydroxylation sites is 1. The molecule has 0 amide bonds.